The lowest BCUT2D eigenvalue weighted by atomic mass is 10.1. The van der Waals surface area contributed by atoms with Crippen molar-refractivity contribution in [2.75, 3.05) is 19.5 Å². The van der Waals surface area contributed by atoms with Crippen LogP contribution in [0.1, 0.15) is 42.7 Å². The lowest BCUT2D eigenvalue weighted by Crippen LogP contribution is -2.07. The molecular weight excluding hydrogens is 388 g/mol. The van der Waals surface area contributed by atoms with Crippen LogP contribution in [0.15, 0.2) is 29.4 Å². The molecule has 0 aliphatic carbocycles. The van der Waals surface area contributed by atoms with Crippen molar-refractivity contribution in [3.05, 3.63) is 47.2 Å². The highest BCUT2D eigenvalue weighted by atomic mass is 32.2. The number of thioether (sulfide) groups is 1. The molecule has 0 unspecified atom stereocenters. The average Bonchev–Trinajstić information content (AvgIpc) is 2.67. The molecule has 0 saturated carbocycles. The Morgan fingerprint density at radius 2 is 2.04 bits per heavy atom. The molecule has 6 nitrogen and oxygen atoms in total. The van der Waals surface area contributed by atoms with Crippen LogP contribution >= 0.6 is 11.8 Å². The van der Waals surface area contributed by atoms with Crippen molar-refractivity contribution in [3.63, 3.8) is 0 Å². The van der Waals surface area contributed by atoms with Gasteiger partial charge in [0, 0.05) is 24.0 Å². The van der Waals surface area contributed by atoms with Gasteiger partial charge in [-0.2, -0.15) is 0 Å². The molecule has 0 spiro atoms. The van der Waals surface area contributed by atoms with Gasteiger partial charge in [-0.05, 0) is 24.8 Å². The van der Waals surface area contributed by atoms with Crippen LogP contribution < -0.4 is 5.73 Å². The van der Waals surface area contributed by atoms with Gasteiger partial charge in [-0.1, -0.05) is 37.7 Å². The number of aromatic nitrogens is 2. The zero-order chi connectivity index (χ0) is 21.1. The number of aliphatic hydroxyl groups excluding tert-OH is 1. The number of nitrogens with zero attached hydrogens (tertiary/aromatic N) is 2. The number of nitrogen functional groups attached to an aromatic ring is 1. The molecular formula is C19H25F2N3O3S. The molecule has 1 aromatic heterocycles. The SMILES string of the molecule is CC(C)CCCO.COC(=O)c1cc(N)nc(SCc2cccc(F)c2F)n1. The molecule has 0 aliphatic rings. The summed E-state index contributed by atoms with van der Waals surface area (Å²) in [5.41, 5.74) is 5.75. The minimum absolute atomic E-state index is 0.00668. The minimum Gasteiger partial charge on any atom is -0.464 e. The Morgan fingerprint density at radius 3 is 2.61 bits per heavy atom. The van der Waals surface area contributed by atoms with E-state index in [4.69, 9.17) is 10.8 Å². The van der Waals surface area contributed by atoms with E-state index in [0.717, 1.165) is 36.6 Å². The molecule has 28 heavy (non-hydrogen) atoms. The predicted molar refractivity (Wildman–Crippen MR) is 105 cm³/mol. The van der Waals surface area contributed by atoms with Gasteiger partial charge in [0.1, 0.15) is 5.82 Å². The second kappa shape index (κ2) is 12.2. The number of methoxy groups -OCH3 is 1. The number of carbonyl (C=O) groups excluding carboxylic acids is 1. The Morgan fingerprint density at radius 1 is 1.32 bits per heavy atom. The number of esters is 1. The third-order valence-corrected chi connectivity index (χ3v) is 4.34. The molecule has 9 heteroatoms. The van der Waals surface area contributed by atoms with Crippen LogP contribution in [0.2, 0.25) is 0 Å². The molecule has 2 rings (SSSR count). The van der Waals surface area contributed by atoms with Gasteiger partial charge in [-0.25, -0.2) is 23.5 Å². The number of carbonyl (C=O) groups is 1. The Hall–Kier alpha value is -2.26. The number of benzene rings is 1. The van der Waals surface area contributed by atoms with E-state index >= 15 is 0 Å². The zero-order valence-corrected chi connectivity index (χ0v) is 16.9. The van der Waals surface area contributed by atoms with E-state index in [2.05, 4.69) is 28.6 Å². The maximum absolute atomic E-state index is 13.5. The van der Waals surface area contributed by atoms with Gasteiger partial charge < -0.3 is 15.6 Å². The highest BCUT2D eigenvalue weighted by molar-refractivity contribution is 7.98. The summed E-state index contributed by atoms with van der Waals surface area (Å²) in [7, 11) is 1.22. The molecule has 154 valence electrons. The quantitative estimate of drug-likeness (QED) is 0.404. The Kier molecular flexibility index (Phi) is 10.4. The third kappa shape index (κ3) is 8.18. The predicted octanol–water partition coefficient (Wildman–Crippen LogP) is 3.83. The molecule has 0 atom stereocenters. The van der Waals surface area contributed by atoms with Crippen molar-refractivity contribution in [2.24, 2.45) is 5.92 Å². The van der Waals surface area contributed by atoms with Crippen LogP contribution in [0.5, 0.6) is 0 Å². The maximum atomic E-state index is 13.5. The summed E-state index contributed by atoms with van der Waals surface area (Å²) < 4.78 is 31.1. The summed E-state index contributed by atoms with van der Waals surface area (Å²) in [4.78, 5) is 19.3. The second-order valence-electron chi connectivity index (χ2n) is 6.21. The highest BCUT2D eigenvalue weighted by Crippen LogP contribution is 2.23. The lowest BCUT2D eigenvalue weighted by Gasteiger charge is -2.05. The van der Waals surface area contributed by atoms with Crippen LogP contribution in [0.3, 0.4) is 0 Å². The molecule has 1 heterocycles. The lowest BCUT2D eigenvalue weighted by molar-refractivity contribution is 0.0593. The number of hydrogen-bond donors (Lipinski definition) is 2. The molecule has 0 amide bonds. The highest BCUT2D eigenvalue weighted by Gasteiger charge is 2.13. The van der Waals surface area contributed by atoms with Gasteiger partial charge in [0.2, 0.25) is 0 Å². The summed E-state index contributed by atoms with van der Waals surface area (Å²) >= 11 is 1.04. The van der Waals surface area contributed by atoms with E-state index in [1.807, 2.05) is 0 Å². The fourth-order valence-corrected chi connectivity index (χ4v) is 2.86. The number of anilines is 1. The van der Waals surface area contributed by atoms with E-state index in [0.29, 0.717) is 6.61 Å². The van der Waals surface area contributed by atoms with Gasteiger partial charge >= 0.3 is 5.97 Å². The molecule has 0 radical (unpaired) electrons. The van der Waals surface area contributed by atoms with Gasteiger partial charge in [-0.15, -0.1) is 0 Å². The summed E-state index contributed by atoms with van der Waals surface area (Å²) in [5, 5.41) is 8.49. The summed E-state index contributed by atoms with van der Waals surface area (Å²) in [5.74, 6) is -1.55. The average molecular weight is 413 g/mol. The first-order valence-electron chi connectivity index (χ1n) is 8.67. The van der Waals surface area contributed by atoms with Gasteiger partial charge in [-0.3, -0.25) is 0 Å². The van der Waals surface area contributed by atoms with Crippen molar-refractivity contribution >= 4 is 23.5 Å². The van der Waals surface area contributed by atoms with Crippen LogP contribution in [0, 0.1) is 17.6 Å². The van der Waals surface area contributed by atoms with Crippen molar-refractivity contribution in [2.45, 2.75) is 37.6 Å². The van der Waals surface area contributed by atoms with Crippen LogP contribution in [-0.4, -0.2) is 34.8 Å². The first-order valence-corrected chi connectivity index (χ1v) is 9.66. The van der Waals surface area contributed by atoms with E-state index in [9.17, 15) is 13.6 Å². The smallest absolute Gasteiger partial charge is 0.356 e. The maximum Gasteiger partial charge on any atom is 0.356 e. The first kappa shape index (κ1) is 23.8. The van der Waals surface area contributed by atoms with Gasteiger partial charge in [0.05, 0.1) is 7.11 Å². The Bertz CT molecular complexity index is 776. The number of aliphatic hydroxyl groups is 1. The molecule has 2 aromatic rings. The monoisotopic (exact) mass is 413 g/mol. The summed E-state index contributed by atoms with van der Waals surface area (Å²) in [6, 6.07) is 5.18. The van der Waals surface area contributed by atoms with Crippen LogP contribution in [0.25, 0.3) is 0 Å². The third-order valence-electron chi connectivity index (χ3n) is 3.45. The largest absolute Gasteiger partial charge is 0.464 e. The van der Waals surface area contributed by atoms with Crippen molar-refractivity contribution in [1.82, 2.24) is 9.97 Å². The molecule has 1 aromatic carbocycles. The van der Waals surface area contributed by atoms with E-state index in [-0.39, 0.29) is 28.0 Å². The molecule has 0 fully saturated rings. The zero-order valence-electron chi connectivity index (χ0n) is 16.1. The van der Waals surface area contributed by atoms with Crippen LogP contribution in [0.4, 0.5) is 14.6 Å². The van der Waals surface area contributed by atoms with Crippen molar-refractivity contribution < 1.29 is 23.4 Å². The van der Waals surface area contributed by atoms with Gasteiger partial charge in [0.15, 0.2) is 22.5 Å². The fourth-order valence-electron chi connectivity index (χ4n) is 2.02. The Labute approximate surface area is 167 Å². The van der Waals surface area contributed by atoms with Crippen LogP contribution in [-0.2, 0) is 10.5 Å². The topological polar surface area (TPSA) is 98.3 Å². The molecule has 0 saturated heterocycles. The van der Waals surface area contributed by atoms with E-state index in [1.165, 1.54) is 25.3 Å². The molecule has 0 bridgehead atoms. The van der Waals surface area contributed by atoms with Crippen molar-refractivity contribution in [3.8, 4) is 0 Å². The number of hydrogen-bond acceptors (Lipinski definition) is 7. The Balaban J connectivity index is 0.000000480. The van der Waals surface area contributed by atoms with Gasteiger partial charge in [0.25, 0.3) is 0 Å². The van der Waals surface area contributed by atoms with E-state index in [1.54, 1.807) is 0 Å². The number of nitrogens with two attached hydrogens (primary N) is 1. The summed E-state index contributed by atoms with van der Waals surface area (Å²) in [6.45, 7) is 4.67. The first-order chi connectivity index (χ1) is 13.3. The number of ether oxygens (including phenoxy) is 1. The number of halogens is 2. The van der Waals surface area contributed by atoms with Crippen molar-refractivity contribution in [1.29, 1.82) is 0 Å². The summed E-state index contributed by atoms with van der Waals surface area (Å²) in [6.07, 6.45) is 2.11. The standard InChI is InChI=1S/C13H11F2N3O2S.C6H14O/c1-20-12(19)9-5-10(16)18-13(17-9)21-6-7-3-2-4-8(14)11(7)15;1-6(2)4-3-5-7/h2-5H,6H2,1H3,(H2,16,17,18);6-7H,3-5H2,1-2H3. The molecule has 3 N–H and O–H groups in total. The number of rotatable bonds is 7. The van der Waals surface area contributed by atoms with E-state index < -0.39 is 17.6 Å². The second-order valence-corrected chi connectivity index (χ2v) is 7.16. The minimum atomic E-state index is -0.920. The fraction of sp³-hybridized carbons (Fsp3) is 0.421. The molecule has 0 aliphatic heterocycles. The normalized spacial score (nSPS) is 10.4.